The quantitative estimate of drug-likeness (QED) is 0.818. The molecule has 3 rings (SSSR count). The Kier molecular flexibility index (Phi) is 5.16. The average Bonchev–Trinajstić information content (AvgIpc) is 2.76. The minimum absolute atomic E-state index is 0.0733. The molecule has 26 heavy (non-hydrogen) atoms. The molecule has 1 atom stereocenters. The predicted molar refractivity (Wildman–Crippen MR) is 99.0 cm³/mol. The van der Waals surface area contributed by atoms with E-state index in [-0.39, 0.29) is 11.9 Å². The molecular formula is C21H25NO4. The van der Waals surface area contributed by atoms with Gasteiger partial charge in [0.15, 0.2) is 0 Å². The molecule has 1 N–H and O–H groups in total. The Labute approximate surface area is 153 Å². The highest BCUT2D eigenvalue weighted by Gasteiger charge is 2.30. The minimum Gasteiger partial charge on any atom is -0.491 e. The number of ether oxygens (including phenoxy) is 1. The lowest BCUT2D eigenvalue weighted by Crippen LogP contribution is -2.17. The third kappa shape index (κ3) is 3.52. The van der Waals surface area contributed by atoms with Crippen molar-refractivity contribution in [2.45, 2.75) is 58.6 Å². The van der Waals surface area contributed by atoms with Crippen molar-refractivity contribution >= 4 is 11.8 Å². The number of aromatic nitrogens is 1. The minimum atomic E-state index is -0.820. The normalized spacial score (nSPS) is 16.8. The number of carbonyl (C=O) groups is 2. The summed E-state index contributed by atoms with van der Waals surface area (Å²) in [6.07, 6.45) is 2.43. The van der Waals surface area contributed by atoms with Crippen LogP contribution in [-0.4, -0.2) is 27.5 Å². The number of fused-ring (bicyclic) bond motifs is 1. The molecule has 0 amide bonds. The van der Waals surface area contributed by atoms with Gasteiger partial charge in [-0.2, -0.15) is 0 Å². The second-order valence-electron chi connectivity index (χ2n) is 7.16. The number of hydrogen-bond donors (Lipinski definition) is 1. The first-order chi connectivity index (χ1) is 12.4. The second-order valence-corrected chi connectivity index (χ2v) is 7.16. The average molecular weight is 355 g/mol. The van der Waals surface area contributed by atoms with Gasteiger partial charge in [0.25, 0.3) is 0 Å². The van der Waals surface area contributed by atoms with Crippen LogP contribution in [0.4, 0.5) is 0 Å². The number of aryl methyl sites for hydroxylation is 1. The molecule has 0 saturated heterocycles. The van der Waals surface area contributed by atoms with Crippen LogP contribution in [0.3, 0.4) is 0 Å². The second kappa shape index (κ2) is 7.36. The number of aliphatic carboxylic acids is 1. The van der Waals surface area contributed by atoms with Crippen LogP contribution in [0.1, 0.15) is 66.3 Å². The molecule has 5 nitrogen and oxygen atoms in total. The highest BCUT2D eigenvalue weighted by atomic mass is 16.5. The van der Waals surface area contributed by atoms with Crippen LogP contribution in [0.5, 0.6) is 5.75 Å². The fourth-order valence-electron chi connectivity index (χ4n) is 3.65. The lowest BCUT2D eigenvalue weighted by atomic mass is 9.99. The molecule has 0 bridgehead atoms. The lowest BCUT2D eigenvalue weighted by Gasteiger charge is -2.14. The van der Waals surface area contributed by atoms with Gasteiger partial charge >= 0.3 is 5.97 Å². The summed E-state index contributed by atoms with van der Waals surface area (Å²) in [5.41, 5.74) is 2.77. The molecule has 1 aliphatic heterocycles. The zero-order chi connectivity index (χ0) is 18.8. The number of carbonyl (C=O) groups excluding carboxylic acids is 1. The van der Waals surface area contributed by atoms with E-state index in [2.05, 4.69) is 0 Å². The zero-order valence-corrected chi connectivity index (χ0v) is 15.5. The molecule has 2 heterocycles. The van der Waals surface area contributed by atoms with Crippen molar-refractivity contribution in [3.8, 4) is 5.75 Å². The predicted octanol–water partition coefficient (Wildman–Crippen LogP) is 4.17. The highest BCUT2D eigenvalue weighted by Crippen LogP contribution is 2.32. The molecule has 0 aliphatic carbocycles. The maximum Gasteiger partial charge on any atom is 0.312 e. The van der Waals surface area contributed by atoms with E-state index >= 15 is 0 Å². The number of hydrogen-bond acceptors (Lipinski definition) is 3. The summed E-state index contributed by atoms with van der Waals surface area (Å²) in [5, 5.41) is 9.56. The highest BCUT2D eigenvalue weighted by molar-refractivity contribution is 6.09. The number of carboxylic acid groups (broad SMARTS) is 1. The molecule has 1 aromatic carbocycles. The third-order valence-corrected chi connectivity index (χ3v) is 4.80. The van der Waals surface area contributed by atoms with Gasteiger partial charge in [-0.25, -0.2) is 0 Å². The number of benzene rings is 1. The smallest absolute Gasteiger partial charge is 0.312 e. The van der Waals surface area contributed by atoms with E-state index < -0.39 is 11.9 Å². The summed E-state index contributed by atoms with van der Waals surface area (Å²) in [4.78, 5) is 24.8. The SMILES string of the molecule is Cc1cc2n(c1C(=O)c1ccc(OC(C)C)cc1)CCCCC2C(=O)O. The molecule has 0 spiro atoms. The monoisotopic (exact) mass is 355 g/mol. The summed E-state index contributed by atoms with van der Waals surface area (Å²) < 4.78 is 7.55. The van der Waals surface area contributed by atoms with Crippen LogP contribution in [0, 0.1) is 6.92 Å². The van der Waals surface area contributed by atoms with Gasteiger partial charge in [0.2, 0.25) is 5.78 Å². The fraction of sp³-hybridized carbons (Fsp3) is 0.429. The van der Waals surface area contributed by atoms with E-state index in [1.807, 2.05) is 31.4 Å². The van der Waals surface area contributed by atoms with Crippen LogP contribution in [0.25, 0.3) is 0 Å². The molecule has 0 radical (unpaired) electrons. The lowest BCUT2D eigenvalue weighted by molar-refractivity contribution is -0.139. The van der Waals surface area contributed by atoms with Gasteiger partial charge in [-0.05, 0) is 69.5 Å². The van der Waals surface area contributed by atoms with Crippen LogP contribution in [-0.2, 0) is 11.3 Å². The Hall–Kier alpha value is -2.56. The van der Waals surface area contributed by atoms with Crippen molar-refractivity contribution in [3.05, 3.63) is 52.8 Å². The van der Waals surface area contributed by atoms with Crippen LogP contribution in [0.15, 0.2) is 30.3 Å². The van der Waals surface area contributed by atoms with Crippen molar-refractivity contribution in [1.29, 1.82) is 0 Å². The van der Waals surface area contributed by atoms with E-state index in [0.29, 0.717) is 24.2 Å². The number of carboxylic acids is 1. The van der Waals surface area contributed by atoms with E-state index in [9.17, 15) is 14.7 Å². The summed E-state index contributed by atoms with van der Waals surface area (Å²) in [5.74, 6) is -0.705. The molecule has 5 heteroatoms. The standard InChI is InChI=1S/C21H25NO4/c1-13(2)26-16-9-7-15(8-10-16)20(23)19-14(3)12-18-17(21(24)25)6-4-5-11-22(18)19/h7-10,12-13,17H,4-6,11H2,1-3H3,(H,24,25). The van der Waals surface area contributed by atoms with Crippen LogP contribution < -0.4 is 4.74 Å². The topological polar surface area (TPSA) is 68.5 Å². The Morgan fingerprint density at radius 2 is 1.88 bits per heavy atom. The Balaban J connectivity index is 1.96. The molecule has 1 unspecified atom stereocenters. The summed E-state index contributed by atoms with van der Waals surface area (Å²) in [6, 6.07) is 9.01. The molecule has 1 aromatic heterocycles. The van der Waals surface area contributed by atoms with E-state index in [1.54, 1.807) is 24.3 Å². The van der Waals surface area contributed by atoms with Crippen molar-refractivity contribution in [2.75, 3.05) is 0 Å². The van der Waals surface area contributed by atoms with E-state index in [4.69, 9.17) is 4.74 Å². The van der Waals surface area contributed by atoms with E-state index in [0.717, 1.165) is 29.8 Å². The summed E-state index contributed by atoms with van der Waals surface area (Å²) in [7, 11) is 0. The Morgan fingerprint density at radius 3 is 2.50 bits per heavy atom. The maximum absolute atomic E-state index is 13.1. The van der Waals surface area contributed by atoms with Crippen molar-refractivity contribution in [1.82, 2.24) is 4.57 Å². The Bertz CT molecular complexity index is 817. The van der Waals surface area contributed by atoms with E-state index in [1.165, 1.54) is 0 Å². The Morgan fingerprint density at radius 1 is 1.19 bits per heavy atom. The molecule has 2 aromatic rings. The molecular weight excluding hydrogens is 330 g/mol. The van der Waals surface area contributed by atoms with Gasteiger partial charge in [-0.1, -0.05) is 6.42 Å². The molecule has 1 aliphatic rings. The van der Waals surface area contributed by atoms with Crippen LogP contribution >= 0.6 is 0 Å². The molecule has 0 saturated carbocycles. The van der Waals surface area contributed by atoms with Crippen molar-refractivity contribution < 1.29 is 19.4 Å². The van der Waals surface area contributed by atoms with Gasteiger partial charge in [0, 0.05) is 17.8 Å². The first-order valence-electron chi connectivity index (χ1n) is 9.12. The van der Waals surface area contributed by atoms with Gasteiger partial charge < -0.3 is 14.4 Å². The zero-order valence-electron chi connectivity index (χ0n) is 15.5. The maximum atomic E-state index is 13.1. The van der Waals surface area contributed by atoms with Gasteiger partial charge in [-0.3, -0.25) is 9.59 Å². The fourth-order valence-corrected chi connectivity index (χ4v) is 3.65. The summed E-state index contributed by atoms with van der Waals surface area (Å²) >= 11 is 0. The van der Waals surface area contributed by atoms with Crippen molar-refractivity contribution in [2.24, 2.45) is 0 Å². The van der Waals surface area contributed by atoms with Gasteiger partial charge in [-0.15, -0.1) is 0 Å². The number of rotatable bonds is 5. The first kappa shape index (κ1) is 18.2. The summed E-state index contributed by atoms with van der Waals surface area (Å²) in [6.45, 7) is 6.47. The third-order valence-electron chi connectivity index (χ3n) is 4.80. The number of ketones is 1. The van der Waals surface area contributed by atoms with Crippen LogP contribution in [0.2, 0.25) is 0 Å². The molecule has 138 valence electrons. The largest absolute Gasteiger partial charge is 0.491 e. The van der Waals surface area contributed by atoms with Gasteiger partial charge in [0.1, 0.15) is 5.75 Å². The van der Waals surface area contributed by atoms with Gasteiger partial charge in [0.05, 0.1) is 17.7 Å². The molecule has 0 fully saturated rings. The van der Waals surface area contributed by atoms with Crippen molar-refractivity contribution in [3.63, 3.8) is 0 Å². The first-order valence-corrected chi connectivity index (χ1v) is 9.12. The number of nitrogens with zero attached hydrogens (tertiary/aromatic N) is 1.